The number of nitrogens with one attached hydrogen (secondary N) is 1. The first-order valence-electron chi connectivity index (χ1n) is 6.75. The second-order valence-electron chi connectivity index (χ2n) is 4.53. The molecule has 0 heterocycles. The highest BCUT2D eigenvalue weighted by Crippen LogP contribution is 2.19. The van der Waals surface area contributed by atoms with Crippen molar-refractivity contribution in [3.05, 3.63) is 29.8 Å². The van der Waals surface area contributed by atoms with Gasteiger partial charge in [-0.25, -0.2) is 0 Å². The van der Waals surface area contributed by atoms with Crippen LogP contribution in [-0.2, 0) is 6.54 Å². The van der Waals surface area contributed by atoms with E-state index in [1.807, 2.05) is 0 Å². The molecule has 2 nitrogen and oxygen atoms in total. The summed E-state index contributed by atoms with van der Waals surface area (Å²) in [6, 6.07) is 9.54. The van der Waals surface area contributed by atoms with Crippen LogP contribution in [0.15, 0.2) is 24.3 Å². The number of hydrogen-bond donors (Lipinski definition) is 1. The third-order valence-corrected chi connectivity index (χ3v) is 3.41. The van der Waals surface area contributed by atoms with Gasteiger partial charge in [0.1, 0.15) is 0 Å². The summed E-state index contributed by atoms with van der Waals surface area (Å²) < 4.78 is 0. The summed E-state index contributed by atoms with van der Waals surface area (Å²) in [6.45, 7) is 8.63. The smallest absolute Gasteiger partial charge is 0.0366 e. The molecule has 0 aliphatic rings. The molecule has 0 saturated heterocycles. The molecule has 0 bridgehead atoms. The summed E-state index contributed by atoms with van der Waals surface area (Å²) >= 11 is 0. The Kier molecular flexibility index (Phi) is 6.06. The second-order valence-corrected chi connectivity index (χ2v) is 4.53. The Labute approximate surface area is 106 Å². The van der Waals surface area contributed by atoms with Crippen LogP contribution in [0, 0.1) is 0 Å². The zero-order chi connectivity index (χ0) is 12.7. The molecule has 1 rings (SSSR count). The molecule has 17 heavy (non-hydrogen) atoms. The van der Waals surface area contributed by atoms with Gasteiger partial charge in [0.05, 0.1) is 0 Å². The van der Waals surface area contributed by atoms with Gasteiger partial charge in [0.15, 0.2) is 0 Å². The average Bonchev–Trinajstić information content (AvgIpc) is 2.38. The van der Waals surface area contributed by atoms with E-state index >= 15 is 0 Å². The van der Waals surface area contributed by atoms with Gasteiger partial charge < -0.3 is 10.2 Å². The normalized spacial score (nSPS) is 10.9. The molecule has 0 aromatic heterocycles. The van der Waals surface area contributed by atoms with Crippen molar-refractivity contribution in [2.75, 3.05) is 18.5 Å². The molecule has 1 aromatic rings. The van der Waals surface area contributed by atoms with Crippen molar-refractivity contribution in [2.45, 2.75) is 46.2 Å². The Balaban J connectivity index is 2.66. The quantitative estimate of drug-likeness (QED) is 0.777. The zero-order valence-electron chi connectivity index (χ0n) is 11.7. The minimum absolute atomic E-state index is 0.648. The molecule has 96 valence electrons. The Hall–Kier alpha value is -1.02. The fourth-order valence-electron chi connectivity index (χ4n) is 2.17. The molecule has 0 radical (unpaired) electrons. The van der Waals surface area contributed by atoms with Gasteiger partial charge in [-0.3, -0.25) is 0 Å². The second kappa shape index (κ2) is 7.33. The highest BCUT2D eigenvalue weighted by atomic mass is 15.1. The van der Waals surface area contributed by atoms with E-state index in [0.717, 1.165) is 13.1 Å². The first-order valence-corrected chi connectivity index (χ1v) is 6.75. The Morgan fingerprint density at radius 3 is 2.12 bits per heavy atom. The highest BCUT2D eigenvalue weighted by molar-refractivity contribution is 5.47. The lowest BCUT2D eigenvalue weighted by Crippen LogP contribution is -2.30. The summed E-state index contributed by atoms with van der Waals surface area (Å²) in [5, 5.41) is 3.34. The van der Waals surface area contributed by atoms with Crippen molar-refractivity contribution in [2.24, 2.45) is 0 Å². The third kappa shape index (κ3) is 4.04. The van der Waals surface area contributed by atoms with Crippen molar-refractivity contribution < 1.29 is 0 Å². The summed E-state index contributed by atoms with van der Waals surface area (Å²) in [5.74, 6) is 0. The van der Waals surface area contributed by atoms with Gasteiger partial charge in [-0.2, -0.15) is 0 Å². The van der Waals surface area contributed by atoms with Crippen molar-refractivity contribution in [3.8, 4) is 0 Å². The lowest BCUT2D eigenvalue weighted by molar-refractivity contribution is 0.591. The lowest BCUT2D eigenvalue weighted by Gasteiger charge is -2.28. The minimum atomic E-state index is 0.648. The maximum Gasteiger partial charge on any atom is 0.0366 e. The Morgan fingerprint density at radius 1 is 1.06 bits per heavy atom. The summed E-state index contributed by atoms with van der Waals surface area (Å²) in [5.41, 5.74) is 2.67. The molecule has 0 spiro atoms. The van der Waals surface area contributed by atoms with E-state index in [0.29, 0.717) is 6.04 Å². The van der Waals surface area contributed by atoms with Crippen LogP contribution in [0.5, 0.6) is 0 Å². The van der Waals surface area contributed by atoms with Gasteiger partial charge in [-0.1, -0.05) is 32.9 Å². The van der Waals surface area contributed by atoms with Gasteiger partial charge in [0.25, 0.3) is 0 Å². The maximum absolute atomic E-state index is 3.34. The summed E-state index contributed by atoms with van der Waals surface area (Å²) in [6.07, 6.45) is 2.40. The van der Waals surface area contributed by atoms with Crippen LogP contribution < -0.4 is 10.2 Å². The third-order valence-electron chi connectivity index (χ3n) is 3.41. The molecule has 2 heteroatoms. The Bertz CT molecular complexity index is 301. The van der Waals surface area contributed by atoms with Crippen molar-refractivity contribution >= 4 is 5.69 Å². The maximum atomic E-state index is 3.34. The average molecular weight is 234 g/mol. The first kappa shape index (κ1) is 14.0. The number of nitrogens with zero attached hydrogens (tertiary/aromatic N) is 1. The number of anilines is 1. The van der Waals surface area contributed by atoms with E-state index in [4.69, 9.17) is 0 Å². The first-order chi connectivity index (χ1) is 8.22. The molecule has 0 aliphatic heterocycles. The molecule has 0 amide bonds. The summed E-state index contributed by atoms with van der Waals surface area (Å²) in [7, 11) is 2.19. The van der Waals surface area contributed by atoms with Crippen molar-refractivity contribution in [1.29, 1.82) is 0 Å². The Morgan fingerprint density at radius 2 is 1.65 bits per heavy atom. The van der Waals surface area contributed by atoms with Gasteiger partial charge in [0, 0.05) is 25.3 Å². The largest absolute Gasteiger partial charge is 0.372 e. The van der Waals surface area contributed by atoms with E-state index < -0.39 is 0 Å². The van der Waals surface area contributed by atoms with Gasteiger partial charge >= 0.3 is 0 Å². The SMILES string of the molecule is CCNCc1ccc(N(C)C(CC)CC)cc1. The highest BCUT2D eigenvalue weighted by Gasteiger charge is 2.10. The topological polar surface area (TPSA) is 15.3 Å². The monoisotopic (exact) mass is 234 g/mol. The van der Waals surface area contributed by atoms with Crippen LogP contribution in [0.3, 0.4) is 0 Å². The van der Waals surface area contributed by atoms with Gasteiger partial charge in [-0.15, -0.1) is 0 Å². The molecular weight excluding hydrogens is 208 g/mol. The van der Waals surface area contributed by atoms with E-state index in [2.05, 4.69) is 62.3 Å². The molecule has 0 aliphatic carbocycles. The number of rotatable bonds is 7. The molecule has 1 aromatic carbocycles. The predicted molar refractivity (Wildman–Crippen MR) is 76.6 cm³/mol. The molecule has 1 N–H and O–H groups in total. The fraction of sp³-hybridized carbons (Fsp3) is 0.600. The van der Waals surface area contributed by atoms with E-state index in [1.165, 1.54) is 24.1 Å². The van der Waals surface area contributed by atoms with Crippen LogP contribution in [-0.4, -0.2) is 19.6 Å². The molecule has 0 fully saturated rings. The number of benzene rings is 1. The van der Waals surface area contributed by atoms with E-state index in [1.54, 1.807) is 0 Å². The van der Waals surface area contributed by atoms with Crippen molar-refractivity contribution in [1.82, 2.24) is 5.32 Å². The standard InChI is InChI=1S/C15H26N2/c1-5-14(6-2)17(4)15-10-8-13(9-11-15)12-16-7-3/h8-11,14,16H,5-7,12H2,1-4H3. The molecule has 0 unspecified atom stereocenters. The van der Waals surface area contributed by atoms with E-state index in [9.17, 15) is 0 Å². The fourth-order valence-corrected chi connectivity index (χ4v) is 2.17. The van der Waals surface area contributed by atoms with E-state index in [-0.39, 0.29) is 0 Å². The predicted octanol–water partition coefficient (Wildman–Crippen LogP) is 3.42. The van der Waals surface area contributed by atoms with Gasteiger partial charge in [-0.05, 0) is 37.1 Å². The van der Waals surface area contributed by atoms with Crippen molar-refractivity contribution in [3.63, 3.8) is 0 Å². The van der Waals surface area contributed by atoms with Crippen LogP contribution in [0.2, 0.25) is 0 Å². The number of hydrogen-bond acceptors (Lipinski definition) is 2. The molecular formula is C15H26N2. The molecule has 0 atom stereocenters. The van der Waals surface area contributed by atoms with Crippen LogP contribution in [0.1, 0.15) is 39.2 Å². The minimum Gasteiger partial charge on any atom is -0.372 e. The van der Waals surface area contributed by atoms with Crippen LogP contribution >= 0.6 is 0 Å². The lowest BCUT2D eigenvalue weighted by atomic mass is 10.1. The van der Waals surface area contributed by atoms with Gasteiger partial charge in [0.2, 0.25) is 0 Å². The van der Waals surface area contributed by atoms with Crippen LogP contribution in [0.25, 0.3) is 0 Å². The molecule has 0 saturated carbocycles. The van der Waals surface area contributed by atoms with Crippen LogP contribution in [0.4, 0.5) is 5.69 Å². The summed E-state index contributed by atoms with van der Waals surface area (Å²) in [4.78, 5) is 2.39. The zero-order valence-corrected chi connectivity index (χ0v) is 11.7.